The van der Waals surface area contributed by atoms with Gasteiger partial charge in [-0.15, -0.1) is 0 Å². The topological polar surface area (TPSA) is 247 Å². The van der Waals surface area contributed by atoms with Crippen molar-refractivity contribution >= 4 is 41.4 Å². The van der Waals surface area contributed by atoms with Crippen molar-refractivity contribution in [2.75, 3.05) is 0 Å². The van der Waals surface area contributed by atoms with Crippen LogP contribution in [0.15, 0.2) is 0 Å². The predicted octanol–water partition coefficient (Wildman–Crippen LogP) is 3.32. The summed E-state index contributed by atoms with van der Waals surface area (Å²) in [5.74, 6) is -9.26. The second-order valence-corrected chi connectivity index (χ2v) is 23.0. The minimum atomic E-state index is -1.97. The maximum Gasteiger partial charge on any atom is 0.313 e. The SMILES string of the molecule is CC(=O)O[C@H]1C[C@H]2C[C@@]3(C[C@H](O)[C@@H]4C(C)(C)[C@@H](OC(C)=O)C[C@H](O)[C@@]4(C)[C@H]13)C(=O)O[C@]1(CCC2=O)C(=O)[C@]23C[C@@H]1C[C@H](OC(C)=O)[C@H]2[C@@]1(C)[C@H]([C@@H](O)C3)C(C)(C)[C@@H](OC(C)=O)C[C@@H]1O. The van der Waals surface area contributed by atoms with Gasteiger partial charge in [-0.1, -0.05) is 41.5 Å². The molecule has 7 aliphatic carbocycles. The largest absolute Gasteiger partial charge is 0.462 e. The smallest absolute Gasteiger partial charge is 0.313 e. The molecular weight excluding hydrogens is 833 g/mol. The molecule has 4 bridgehead atoms. The molecule has 19 atom stereocenters. The van der Waals surface area contributed by atoms with E-state index in [1.165, 1.54) is 27.7 Å². The van der Waals surface area contributed by atoms with Gasteiger partial charge in [0.2, 0.25) is 0 Å². The average molecular weight is 901 g/mol. The summed E-state index contributed by atoms with van der Waals surface area (Å²) >= 11 is 0. The van der Waals surface area contributed by atoms with E-state index >= 15 is 9.59 Å². The van der Waals surface area contributed by atoms with Gasteiger partial charge < -0.3 is 44.1 Å². The maximum atomic E-state index is 16.1. The van der Waals surface area contributed by atoms with Crippen LogP contribution in [-0.2, 0) is 57.2 Å². The number of carbonyl (C=O) groups excluding carboxylic acids is 7. The Kier molecular flexibility index (Phi) is 11.0. The number of carbonyl (C=O) groups is 7. The van der Waals surface area contributed by atoms with E-state index < -0.39 is 158 Å². The average Bonchev–Trinajstić information content (AvgIpc) is 3.32. The Morgan fingerprint density at radius 3 is 1.47 bits per heavy atom. The number of hydrogen-bond acceptors (Lipinski definition) is 16. The van der Waals surface area contributed by atoms with Crippen molar-refractivity contribution in [3.05, 3.63) is 0 Å². The van der Waals surface area contributed by atoms with Gasteiger partial charge in [0.25, 0.3) is 0 Å². The Bertz CT molecular complexity index is 2030. The highest BCUT2D eigenvalue weighted by Gasteiger charge is 2.81. The molecule has 3 spiro atoms. The minimum Gasteiger partial charge on any atom is -0.462 e. The lowest BCUT2D eigenvalue weighted by molar-refractivity contribution is -0.289. The zero-order chi connectivity index (χ0) is 47.2. The summed E-state index contributed by atoms with van der Waals surface area (Å²) in [5.41, 5.74) is -9.84. The highest BCUT2D eigenvalue weighted by Crippen LogP contribution is 2.75. The Balaban J connectivity index is 1.27. The first kappa shape index (κ1) is 47.0. The van der Waals surface area contributed by atoms with Crippen molar-refractivity contribution in [3.63, 3.8) is 0 Å². The summed E-state index contributed by atoms with van der Waals surface area (Å²) in [7, 11) is 0. The molecule has 64 heavy (non-hydrogen) atoms. The highest BCUT2D eigenvalue weighted by molar-refractivity contribution is 6.00. The molecule has 16 nitrogen and oxygen atoms in total. The molecule has 4 N–H and O–H groups in total. The van der Waals surface area contributed by atoms with Crippen LogP contribution < -0.4 is 0 Å². The lowest BCUT2D eigenvalue weighted by atomic mass is 9.37. The van der Waals surface area contributed by atoms with Crippen LogP contribution in [0.1, 0.15) is 133 Å². The first-order chi connectivity index (χ1) is 29.5. The molecule has 8 fully saturated rings. The summed E-state index contributed by atoms with van der Waals surface area (Å²) in [6, 6.07) is 0. The van der Waals surface area contributed by atoms with Gasteiger partial charge in [0, 0.05) is 116 Å². The molecule has 1 aliphatic heterocycles. The van der Waals surface area contributed by atoms with Gasteiger partial charge >= 0.3 is 29.8 Å². The van der Waals surface area contributed by atoms with Gasteiger partial charge in [-0.05, 0) is 38.5 Å². The standard InChI is InChI=1S/C48H68O16/c1-21(49)60-30-13-25-17-47(20-29(55)37-43(7,8)35(63-24(4)52)16-33(57)45(37,10)39(30)47)41(59)64-48(12-11-27(25)53)26-14-31(61-22(2)50)38-44(9)32(56)15-34(62-23(3)51)42(5,6)36(44)28(54)19-46(38,18-26)40(48)58/h25-26,28-39,54-57H,11-20H2,1-10H3/t25-,26-,28-,29-,30-,31-,32-,33-,34-,35-,36+,37+,38-,39-,44+,45+,46-,47-,48-/m0/s1. The third-order valence-corrected chi connectivity index (χ3v) is 19.0. The summed E-state index contributed by atoms with van der Waals surface area (Å²) in [5, 5.41) is 49.5. The van der Waals surface area contributed by atoms with Crippen LogP contribution in [0.5, 0.6) is 0 Å². The van der Waals surface area contributed by atoms with Crippen LogP contribution >= 0.6 is 0 Å². The lowest BCUT2D eigenvalue weighted by Crippen LogP contribution is -2.73. The van der Waals surface area contributed by atoms with Crippen molar-refractivity contribution in [2.24, 2.45) is 68.0 Å². The minimum absolute atomic E-state index is 0.0148. The summed E-state index contributed by atoms with van der Waals surface area (Å²) in [6.07, 6.45) is -9.63. The number of rotatable bonds is 4. The van der Waals surface area contributed by atoms with Crippen LogP contribution in [0.3, 0.4) is 0 Å². The summed E-state index contributed by atoms with van der Waals surface area (Å²) in [6.45, 7) is 15.9. The number of ketones is 2. The predicted molar refractivity (Wildman–Crippen MR) is 221 cm³/mol. The van der Waals surface area contributed by atoms with Gasteiger partial charge in [-0.3, -0.25) is 33.6 Å². The van der Waals surface area contributed by atoms with Gasteiger partial charge in [0.05, 0.1) is 29.8 Å². The number of aliphatic hydroxyl groups excluding tert-OH is 4. The Morgan fingerprint density at radius 2 is 1.00 bits per heavy atom. The van der Waals surface area contributed by atoms with Crippen LogP contribution in [0, 0.1) is 68.0 Å². The van der Waals surface area contributed by atoms with Gasteiger partial charge in [-0.2, -0.15) is 0 Å². The quantitative estimate of drug-likeness (QED) is 0.234. The monoisotopic (exact) mass is 900 g/mol. The van der Waals surface area contributed by atoms with Crippen LogP contribution in [-0.4, -0.2) is 116 Å². The molecule has 7 saturated carbocycles. The van der Waals surface area contributed by atoms with Gasteiger partial charge in [0.1, 0.15) is 30.2 Å². The fraction of sp³-hybridized carbons (Fsp3) is 0.854. The number of esters is 5. The van der Waals surface area contributed by atoms with Gasteiger partial charge in [0.15, 0.2) is 11.4 Å². The van der Waals surface area contributed by atoms with E-state index in [1.54, 1.807) is 13.8 Å². The molecule has 16 heteroatoms. The lowest BCUT2D eigenvalue weighted by Gasteiger charge is -2.68. The first-order valence-corrected chi connectivity index (χ1v) is 23.3. The highest BCUT2D eigenvalue weighted by atomic mass is 16.6. The van der Waals surface area contributed by atoms with Gasteiger partial charge in [-0.25, -0.2) is 0 Å². The van der Waals surface area contributed by atoms with Crippen molar-refractivity contribution in [1.82, 2.24) is 0 Å². The second-order valence-electron chi connectivity index (χ2n) is 23.0. The molecule has 8 aliphatic rings. The molecule has 8 rings (SSSR count). The number of Topliss-reactive ketones (excluding diaryl/α,β-unsaturated/α-hetero) is 2. The third-order valence-electron chi connectivity index (χ3n) is 19.0. The Morgan fingerprint density at radius 1 is 0.562 bits per heavy atom. The van der Waals surface area contributed by atoms with Crippen molar-refractivity contribution in [3.8, 4) is 0 Å². The summed E-state index contributed by atoms with van der Waals surface area (Å²) in [4.78, 5) is 97.3. The normalized spacial score (nSPS) is 49.8. The third kappa shape index (κ3) is 6.29. The maximum absolute atomic E-state index is 16.1. The fourth-order valence-corrected chi connectivity index (χ4v) is 17.4. The number of aliphatic hydroxyl groups is 4. The fourth-order valence-electron chi connectivity index (χ4n) is 17.4. The van der Waals surface area contributed by atoms with E-state index in [1.807, 2.05) is 27.7 Å². The van der Waals surface area contributed by atoms with Crippen molar-refractivity contribution in [1.29, 1.82) is 0 Å². The number of ether oxygens (including phenoxy) is 5. The number of hydrogen-bond donors (Lipinski definition) is 4. The molecule has 356 valence electrons. The van der Waals surface area contributed by atoms with Crippen molar-refractivity contribution in [2.45, 2.75) is 188 Å². The second kappa shape index (κ2) is 15.0. The van der Waals surface area contributed by atoms with E-state index in [-0.39, 0.29) is 70.0 Å². The molecule has 1 heterocycles. The zero-order valence-corrected chi connectivity index (χ0v) is 38.8. The summed E-state index contributed by atoms with van der Waals surface area (Å²) < 4.78 is 30.6. The van der Waals surface area contributed by atoms with Crippen molar-refractivity contribution < 1.29 is 77.7 Å². The molecule has 0 aromatic carbocycles. The van der Waals surface area contributed by atoms with E-state index in [9.17, 15) is 44.4 Å². The Hall–Kier alpha value is -3.47. The Labute approximate surface area is 374 Å². The molecule has 0 aromatic heterocycles. The van der Waals surface area contributed by atoms with Crippen LogP contribution in [0.4, 0.5) is 0 Å². The molecule has 0 amide bonds. The molecule has 1 saturated heterocycles. The number of fused-ring (bicyclic) bond motifs is 7. The van der Waals surface area contributed by atoms with E-state index in [0.717, 1.165) is 0 Å². The molecular formula is C48H68O16. The zero-order valence-electron chi connectivity index (χ0n) is 38.8. The molecule has 0 aromatic rings. The van der Waals surface area contributed by atoms with E-state index in [2.05, 4.69) is 0 Å². The van der Waals surface area contributed by atoms with E-state index in [4.69, 9.17) is 23.7 Å². The van der Waals surface area contributed by atoms with Crippen LogP contribution in [0.25, 0.3) is 0 Å². The molecule has 0 radical (unpaired) electrons. The molecule has 0 unspecified atom stereocenters. The first-order valence-electron chi connectivity index (χ1n) is 23.3. The van der Waals surface area contributed by atoms with Crippen LogP contribution in [0.2, 0.25) is 0 Å². The van der Waals surface area contributed by atoms with E-state index in [0.29, 0.717) is 0 Å².